The number of carbonyl (C=O) groups is 1. The van der Waals surface area contributed by atoms with Gasteiger partial charge in [-0.15, -0.1) is 0 Å². The number of quaternary nitrogens is 1. The Morgan fingerprint density at radius 1 is 1.17 bits per heavy atom. The number of anilines is 1. The molecule has 0 fully saturated rings. The second-order valence-electron chi connectivity index (χ2n) is 7.08. The van der Waals surface area contributed by atoms with Crippen LogP contribution in [-0.2, 0) is 11.5 Å². The number of nitrogens with one attached hydrogen (secondary N) is 2. The molecule has 0 saturated carbocycles. The van der Waals surface area contributed by atoms with Gasteiger partial charge in [0.2, 0.25) is 4.77 Å². The zero-order valence-electron chi connectivity index (χ0n) is 17.6. The smallest absolute Gasteiger partial charge is 0.279 e. The van der Waals surface area contributed by atoms with Crippen LogP contribution in [0.15, 0.2) is 54.6 Å². The number of aryl methyl sites for hydroxylation is 1. The van der Waals surface area contributed by atoms with E-state index >= 15 is 0 Å². The molecule has 1 heterocycles. The number of para-hydroxylation sites is 3. The molecular formula is C22H28N5O2S+. The van der Waals surface area contributed by atoms with E-state index in [0.717, 1.165) is 29.4 Å². The van der Waals surface area contributed by atoms with Crippen molar-refractivity contribution in [2.75, 3.05) is 25.5 Å². The number of aromatic nitrogens is 3. The van der Waals surface area contributed by atoms with Crippen molar-refractivity contribution in [3.63, 3.8) is 0 Å². The largest absolute Gasteiger partial charge is 0.495 e. The standard InChI is InChI=1S/C22H27N5O2S/c1-4-14-25(15-21(28)23-19-12-8-9-13-20(19)29-3)16-26-22(30)27(17(2)24-26)18-10-6-5-7-11-18/h5-13H,4,14-16H2,1-3H3,(H,23,28)/p+1. The van der Waals surface area contributed by atoms with Crippen LogP contribution < -0.4 is 15.0 Å². The zero-order chi connectivity index (χ0) is 21.5. The average Bonchev–Trinajstić information content (AvgIpc) is 3.02. The van der Waals surface area contributed by atoms with Crippen LogP contribution in [0.2, 0.25) is 0 Å². The third-order valence-electron chi connectivity index (χ3n) is 4.78. The summed E-state index contributed by atoms with van der Waals surface area (Å²) in [5.41, 5.74) is 1.65. The molecule has 3 rings (SSSR count). The molecule has 0 bridgehead atoms. The van der Waals surface area contributed by atoms with E-state index in [9.17, 15) is 4.79 Å². The summed E-state index contributed by atoms with van der Waals surface area (Å²) < 4.78 is 9.70. The van der Waals surface area contributed by atoms with Gasteiger partial charge in [-0.1, -0.05) is 37.3 Å². The minimum absolute atomic E-state index is 0.0753. The Morgan fingerprint density at radius 2 is 1.87 bits per heavy atom. The van der Waals surface area contributed by atoms with Crippen molar-refractivity contribution in [2.45, 2.75) is 26.9 Å². The van der Waals surface area contributed by atoms with E-state index in [1.54, 1.807) is 11.8 Å². The first-order valence-electron chi connectivity index (χ1n) is 10.0. The van der Waals surface area contributed by atoms with Crippen molar-refractivity contribution in [3.8, 4) is 11.4 Å². The topological polar surface area (TPSA) is 65.5 Å². The molecule has 0 aliphatic carbocycles. The van der Waals surface area contributed by atoms with Crippen molar-refractivity contribution in [1.29, 1.82) is 0 Å². The van der Waals surface area contributed by atoms with E-state index < -0.39 is 0 Å². The summed E-state index contributed by atoms with van der Waals surface area (Å²) in [6, 6.07) is 17.3. The lowest BCUT2D eigenvalue weighted by atomic mass is 10.3. The number of hydrogen-bond donors (Lipinski definition) is 2. The Hall–Kier alpha value is -2.97. The van der Waals surface area contributed by atoms with Gasteiger partial charge in [0.15, 0.2) is 13.2 Å². The van der Waals surface area contributed by atoms with Crippen LogP contribution in [0.3, 0.4) is 0 Å². The Bertz CT molecular complexity index is 1050. The van der Waals surface area contributed by atoms with Crippen LogP contribution in [0.4, 0.5) is 5.69 Å². The Kier molecular flexibility index (Phi) is 7.37. The van der Waals surface area contributed by atoms with Crippen molar-refractivity contribution < 1.29 is 14.4 Å². The molecule has 1 amide bonds. The average molecular weight is 427 g/mol. The molecule has 0 spiro atoms. The van der Waals surface area contributed by atoms with Crippen LogP contribution in [-0.4, -0.2) is 40.5 Å². The van der Waals surface area contributed by atoms with Gasteiger partial charge in [-0.3, -0.25) is 9.36 Å². The molecule has 30 heavy (non-hydrogen) atoms. The van der Waals surface area contributed by atoms with Crippen molar-refractivity contribution in [3.05, 3.63) is 65.2 Å². The highest BCUT2D eigenvalue weighted by molar-refractivity contribution is 7.71. The lowest BCUT2D eigenvalue weighted by molar-refractivity contribution is -0.915. The van der Waals surface area contributed by atoms with Gasteiger partial charge >= 0.3 is 0 Å². The quantitative estimate of drug-likeness (QED) is 0.516. The van der Waals surface area contributed by atoms with E-state index in [0.29, 0.717) is 29.4 Å². The van der Waals surface area contributed by atoms with E-state index in [1.165, 1.54) is 0 Å². The summed E-state index contributed by atoms with van der Waals surface area (Å²) in [6.45, 7) is 5.70. The first kappa shape index (κ1) is 21.7. The number of ether oxygens (including phenoxy) is 1. The fourth-order valence-corrected chi connectivity index (χ4v) is 3.79. The summed E-state index contributed by atoms with van der Waals surface area (Å²) in [7, 11) is 1.59. The maximum absolute atomic E-state index is 12.7. The van der Waals surface area contributed by atoms with Gasteiger partial charge in [0.25, 0.3) is 5.91 Å². The molecule has 0 aliphatic rings. The van der Waals surface area contributed by atoms with Gasteiger partial charge < -0.3 is 15.0 Å². The summed E-state index contributed by atoms with van der Waals surface area (Å²) in [5, 5.41) is 7.58. The minimum Gasteiger partial charge on any atom is -0.495 e. The Morgan fingerprint density at radius 3 is 2.57 bits per heavy atom. The summed E-state index contributed by atoms with van der Waals surface area (Å²) in [4.78, 5) is 13.8. The molecule has 2 aromatic carbocycles. The normalized spacial score (nSPS) is 11.8. The summed E-state index contributed by atoms with van der Waals surface area (Å²) >= 11 is 5.68. The van der Waals surface area contributed by atoms with Gasteiger partial charge in [-0.2, -0.15) is 9.78 Å². The molecule has 0 radical (unpaired) electrons. The van der Waals surface area contributed by atoms with Gasteiger partial charge in [0.05, 0.1) is 19.3 Å². The second-order valence-corrected chi connectivity index (χ2v) is 7.45. The minimum atomic E-state index is -0.0753. The van der Waals surface area contributed by atoms with Crippen LogP contribution in [0, 0.1) is 11.7 Å². The highest BCUT2D eigenvalue weighted by Gasteiger charge is 2.18. The molecule has 1 unspecified atom stereocenters. The molecule has 8 heteroatoms. The van der Waals surface area contributed by atoms with Crippen LogP contribution in [0.25, 0.3) is 5.69 Å². The highest BCUT2D eigenvalue weighted by Crippen LogP contribution is 2.22. The first-order valence-corrected chi connectivity index (χ1v) is 10.4. The van der Waals surface area contributed by atoms with Gasteiger partial charge in [0, 0.05) is 5.69 Å². The monoisotopic (exact) mass is 426 g/mol. The van der Waals surface area contributed by atoms with Gasteiger partial charge in [-0.05, 0) is 49.8 Å². The molecule has 7 nitrogen and oxygen atoms in total. The molecule has 2 N–H and O–H groups in total. The second kappa shape index (κ2) is 10.2. The predicted molar refractivity (Wildman–Crippen MR) is 120 cm³/mol. The molecule has 1 atom stereocenters. The van der Waals surface area contributed by atoms with Crippen molar-refractivity contribution in [1.82, 2.24) is 14.3 Å². The molecule has 3 aromatic rings. The molecule has 158 valence electrons. The SMILES string of the molecule is CCC[NH+](CC(=O)Nc1ccccc1OC)Cn1nc(C)n(-c2ccccc2)c1=S. The maximum Gasteiger partial charge on any atom is 0.279 e. The molecule has 1 aromatic heterocycles. The van der Waals surface area contributed by atoms with Gasteiger partial charge in [-0.25, -0.2) is 0 Å². The zero-order valence-corrected chi connectivity index (χ0v) is 18.4. The summed E-state index contributed by atoms with van der Waals surface area (Å²) in [6.07, 6.45) is 0.947. The number of hydrogen-bond acceptors (Lipinski definition) is 4. The van der Waals surface area contributed by atoms with Crippen LogP contribution in [0.1, 0.15) is 19.2 Å². The fraction of sp³-hybridized carbons (Fsp3) is 0.318. The van der Waals surface area contributed by atoms with E-state index in [-0.39, 0.29) is 5.91 Å². The number of nitrogens with zero attached hydrogens (tertiary/aromatic N) is 3. The molecule has 0 saturated heterocycles. The third-order valence-corrected chi connectivity index (χ3v) is 5.18. The number of rotatable bonds is 9. The first-order chi connectivity index (χ1) is 14.5. The van der Waals surface area contributed by atoms with Gasteiger partial charge in [0.1, 0.15) is 11.6 Å². The van der Waals surface area contributed by atoms with Crippen molar-refractivity contribution >= 4 is 23.8 Å². The summed E-state index contributed by atoms with van der Waals surface area (Å²) in [5.74, 6) is 1.39. The number of carbonyl (C=O) groups excluding carboxylic acids is 1. The maximum atomic E-state index is 12.7. The van der Waals surface area contributed by atoms with E-state index in [2.05, 4.69) is 17.3 Å². The molecular weight excluding hydrogens is 398 g/mol. The Balaban J connectivity index is 1.75. The fourth-order valence-electron chi connectivity index (χ4n) is 3.45. The van der Waals surface area contributed by atoms with E-state index in [4.69, 9.17) is 17.0 Å². The Labute approximate surface area is 181 Å². The number of amides is 1. The third kappa shape index (κ3) is 5.14. The lowest BCUT2D eigenvalue weighted by Gasteiger charge is -2.18. The molecule has 0 aliphatic heterocycles. The predicted octanol–water partition coefficient (Wildman–Crippen LogP) is 2.61. The number of methoxy groups -OCH3 is 1. The van der Waals surface area contributed by atoms with Crippen LogP contribution >= 0.6 is 12.2 Å². The van der Waals surface area contributed by atoms with Crippen molar-refractivity contribution in [2.24, 2.45) is 0 Å². The van der Waals surface area contributed by atoms with E-state index in [1.807, 2.05) is 66.1 Å². The number of benzene rings is 2. The highest BCUT2D eigenvalue weighted by atomic mass is 32.1. The van der Waals surface area contributed by atoms with Crippen LogP contribution in [0.5, 0.6) is 5.75 Å². The lowest BCUT2D eigenvalue weighted by Crippen LogP contribution is -3.12.